The van der Waals surface area contributed by atoms with Crippen LogP contribution in [0.3, 0.4) is 0 Å². The van der Waals surface area contributed by atoms with Crippen molar-refractivity contribution < 1.29 is 34.8 Å². The van der Waals surface area contributed by atoms with Gasteiger partial charge in [-0.05, 0) is 56.3 Å². The van der Waals surface area contributed by atoms with Gasteiger partial charge in [0.05, 0.1) is 12.0 Å². The van der Waals surface area contributed by atoms with Crippen LogP contribution in [0.4, 0.5) is 0 Å². The van der Waals surface area contributed by atoms with Gasteiger partial charge in [-0.3, -0.25) is 14.4 Å². The van der Waals surface area contributed by atoms with E-state index < -0.39 is 58.5 Å². The molecule has 4 aliphatic rings. The van der Waals surface area contributed by atoms with Crippen LogP contribution in [0.1, 0.15) is 65.7 Å². The summed E-state index contributed by atoms with van der Waals surface area (Å²) < 4.78 is 0. The fourth-order valence-electron chi connectivity index (χ4n) is 7.65. The molecule has 4 rings (SSSR count). The lowest BCUT2D eigenvalue weighted by molar-refractivity contribution is -0.201. The van der Waals surface area contributed by atoms with E-state index >= 15 is 0 Å². The molecule has 7 nitrogen and oxygen atoms in total. The maximum atomic E-state index is 13.8. The van der Waals surface area contributed by atoms with Crippen molar-refractivity contribution in [2.45, 2.75) is 83.5 Å². The third-order valence-corrected chi connectivity index (χ3v) is 9.13. The van der Waals surface area contributed by atoms with Crippen LogP contribution in [0.25, 0.3) is 0 Å². The number of Topliss-reactive ketones (excluding diaryl/α,β-unsaturated/α-hetero) is 3. The van der Waals surface area contributed by atoms with Gasteiger partial charge in [-0.1, -0.05) is 26.7 Å². The number of aliphatic hydroxyl groups excluding tert-OH is 3. The molecule has 32 heavy (non-hydrogen) atoms. The van der Waals surface area contributed by atoms with Crippen LogP contribution in [0, 0.1) is 41.4 Å². The first-order chi connectivity index (χ1) is 15.1. The third kappa shape index (κ3) is 3.23. The second-order valence-corrected chi connectivity index (χ2v) is 10.7. The van der Waals surface area contributed by atoms with Crippen LogP contribution in [0.2, 0.25) is 0 Å². The lowest BCUT2D eigenvalue weighted by atomic mass is 9.49. The van der Waals surface area contributed by atoms with Crippen molar-refractivity contribution in [2.75, 3.05) is 0 Å². The van der Waals surface area contributed by atoms with Gasteiger partial charge in [0.25, 0.3) is 0 Å². The summed E-state index contributed by atoms with van der Waals surface area (Å²) in [5, 5.41) is 44.6. The van der Waals surface area contributed by atoms with E-state index in [0.717, 1.165) is 32.6 Å². The van der Waals surface area contributed by atoms with E-state index in [9.17, 15) is 34.8 Å². The molecule has 10 unspecified atom stereocenters. The molecule has 0 radical (unpaired) electrons. The average molecular weight is 449 g/mol. The van der Waals surface area contributed by atoms with Crippen LogP contribution in [0.5, 0.6) is 0 Å². The molecule has 0 heterocycles. The summed E-state index contributed by atoms with van der Waals surface area (Å²) in [6.45, 7) is 5.31. The number of aliphatic hydroxyl groups is 4. The first-order valence-corrected chi connectivity index (χ1v) is 12.2. The summed E-state index contributed by atoms with van der Waals surface area (Å²) in [6, 6.07) is 0. The Kier molecular flexibility index (Phi) is 6.14. The summed E-state index contributed by atoms with van der Waals surface area (Å²) in [4.78, 5) is 38.2. The van der Waals surface area contributed by atoms with Crippen molar-refractivity contribution in [1.29, 1.82) is 0 Å². The van der Waals surface area contributed by atoms with Gasteiger partial charge in [0.15, 0.2) is 17.2 Å². The molecule has 0 aromatic carbocycles. The number of carbonyl (C=O) groups is 3. The summed E-state index contributed by atoms with van der Waals surface area (Å²) >= 11 is 0. The number of ketones is 3. The monoisotopic (exact) mass is 448 g/mol. The van der Waals surface area contributed by atoms with Gasteiger partial charge in [-0.15, -0.1) is 0 Å². The van der Waals surface area contributed by atoms with Crippen molar-refractivity contribution in [3.63, 3.8) is 0 Å². The van der Waals surface area contributed by atoms with Gasteiger partial charge in [0.2, 0.25) is 0 Å². The van der Waals surface area contributed by atoms with Crippen LogP contribution in [-0.4, -0.2) is 55.6 Å². The van der Waals surface area contributed by atoms with E-state index in [1.54, 1.807) is 0 Å². The highest BCUT2D eigenvalue weighted by atomic mass is 16.4. The predicted molar refractivity (Wildman–Crippen MR) is 115 cm³/mol. The second-order valence-electron chi connectivity index (χ2n) is 10.7. The number of rotatable bonds is 4. The number of hydrogen-bond donors (Lipinski definition) is 4. The Balaban J connectivity index is 1.73. The topological polar surface area (TPSA) is 132 Å². The maximum Gasteiger partial charge on any atom is 0.170 e. The van der Waals surface area contributed by atoms with Crippen LogP contribution in [0.15, 0.2) is 11.3 Å². The average Bonchev–Trinajstić information content (AvgIpc) is 2.72. The van der Waals surface area contributed by atoms with Crippen LogP contribution in [-0.2, 0) is 14.4 Å². The van der Waals surface area contributed by atoms with E-state index in [1.807, 2.05) is 0 Å². The highest BCUT2D eigenvalue weighted by molar-refractivity contribution is 6.20. The molecule has 178 valence electrons. The number of allylic oxidation sites excluding steroid dienone is 1. The minimum atomic E-state index is -2.20. The van der Waals surface area contributed by atoms with Gasteiger partial charge in [-0.2, -0.15) is 0 Å². The zero-order valence-corrected chi connectivity index (χ0v) is 19.2. The van der Waals surface area contributed by atoms with Crippen LogP contribution < -0.4 is 0 Å². The van der Waals surface area contributed by atoms with E-state index in [1.165, 1.54) is 0 Å². The van der Waals surface area contributed by atoms with E-state index in [-0.39, 0.29) is 30.0 Å². The van der Waals surface area contributed by atoms with E-state index in [4.69, 9.17) is 0 Å². The Morgan fingerprint density at radius 1 is 1.06 bits per heavy atom. The lowest BCUT2D eigenvalue weighted by Gasteiger charge is -2.57. The van der Waals surface area contributed by atoms with Gasteiger partial charge in [0, 0.05) is 18.3 Å². The molecule has 10 atom stereocenters. The highest BCUT2D eigenvalue weighted by Crippen LogP contribution is 2.57. The second kappa shape index (κ2) is 8.33. The largest absolute Gasteiger partial charge is 0.508 e. The molecular formula is C25H36O7. The Morgan fingerprint density at radius 3 is 2.34 bits per heavy atom. The van der Waals surface area contributed by atoms with Gasteiger partial charge in [-0.25, -0.2) is 0 Å². The van der Waals surface area contributed by atoms with Gasteiger partial charge >= 0.3 is 0 Å². The smallest absolute Gasteiger partial charge is 0.170 e. The van der Waals surface area contributed by atoms with Gasteiger partial charge in [0.1, 0.15) is 23.2 Å². The van der Waals surface area contributed by atoms with Crippen molar-refractivity contribution in [3.8, 4) is 0 Å². The third-order valence-electron chi connectivity index (χ3n) is 9.13. The van der Waals surface area contributed by atoms with E-state index in [0.29, 0.717) is 18.8 Å². The Labute approximate surface area is 188 Å². The van der Waals surface area contributed by atoms with Crippen molar-refractivity contribution in [3.05, 3.63) is 11.3 Å². The normalized spacial score (nSPS) is 46.4. The maximum absolute atomic E-state index is 13.8. The fourth-order valence-corrected chi connectivity index (χ4v) is 7.65. The minimum absolute atomic E-state index is 0.0199. The van der Waals surface area contributed by atoms with E-state index in [2.05, 4.69) is 13.8 Å². The lowest BCUT2D eigenvalue weighted by Crippen LogP contribution is -2.67. The van der Waals surface area contributed by atoms with Crippen molar-refractivity contribution in [2.24, 2.45) is 41.4 Å². The molecular weight excluding hydrogens is 412 g/mol. The molecule has 7 heteroatoms. The standard InChI is InChI=1S/C25H36O7/c1-4-6-13-7-12(5-2)16-9-14-8-15-10-17(27)18(11(3)26)23(30)25(15,32)24(31)19(14)22(29)20(16)21(13)28/h12-16,19-21,24,28,30-32H,4-10H2,1-3H3. The molecule has 0 aliphatic heterocycles. The van der Waals surface area contributed by atoms with Crippen molar-refractivity contribution >= 4 is 17.3 Å². The van der Waals surface area contributed by atoms with Crippen molar-refractivity contribution in [1.82, 2.24) is 0 Å². The summed E-state index contributed by atoms with van der Waals surface area (Å²) in [5.41, 5.74) is -2.68. The summed E-state index contributed by atoms with van der Waals surface area (Å²) in [7, 11) is 0. The Hall–Kier alpha value is -1.57. The minimum Gasteiger partial charge on any atom is -0.508 e. The molecule has 3 saturated carbocycles. The zero-order valence-electron chi connectivity index (χ0n) is 19.2. The Morgan fingerprint density at radius 2 is 1.75 bits per heavy atom. The highest BCUT2D eigenvalue weighted by Gasteiger charge is 2.65. The number of fused-ring (bicyclic) bond motifs is 3. The number of carbonyl (C=O) groups excluding carboxylic acids is 3. The SMILES string of the molecule is CCCC1CC(CC)C2CC3CC4CC(=O)C(C(C)=O)=C(O)C4(O)C(O)C3C(=O)C2C1O. The summed E-state index contributed by atoms with van der Waals surface area (Å²) in [6.07, 6.45) is 1.98. The van der Waals surface area contributed by atoms with Crippen LogP contribution >= 0.6 is 0 Å². The first kappa shape index (κ1) is 23.6. The molecule has 4 aliphatic carbocycles. The molecule has 4 N–H and O–H groups in total. The molecule has 0 amide bonds. The van der Waals surface area contributed by atoms with Gasteiger partial charge < -0.3 is 20.4 Å². The number of hydrogen-bond acceptors (Lipinski definition) is 7. The summed E-state index contributed by atoms with van der Waals surface area (Å²) in [5.74, 6) is -4.38. The molecule has 0 bridgehead atoms. The molecule has 0 aromatic rings. The first-order valence-electron chi connectivity index (χ1n) is 12.2. The quantitative estimate of drug-likeness (QED) is 0.484. The molecule has 3 fully saturated rings. The molecule has 0 aromatic heterocycles. The fraction of sp³-hybridized carbons (Fsp3) is 0.800. The molecule has 0 saturated heterocycles. The predicted octanol–water partition coefficient (Wildman–Crippen LogP) is 2.12. The zero-order chi connectivity index (χ0) is 23.5. The molecule has 0 spiro atoms. The Bertz CT molecular complexity index is 847.